The zero-order valence-electron chi connectivity index (χ0n) is 11.3. The van der Waals surface area contributed by atoms with E-state index in [-0.39, 0.29) is 42.6 Å². The van der Waals surface area contributed by atoms with E-state index in [1.165, 1.54) is 6.08 Å². The van der Waals surface area contributed by atoms with E-state index in [0.29, 0.717) is 29.1 Å². The van der Waals surface area contributed by atoms with Gasteiger partial charge in [0.2, 0.25) is 0 Å². The van der Waals surface area contributed by atoms with E-state index in [2.05, 4.69) is 4.99 Å². The van der Waals surface area contributed by atoms with Crippen LogP contribution in [-0.4, -0.2) is 16.6 Å². The molecule has 0 atom stereocenters. The van der Waals surface area contributed by atoms with Gasteiger partial charge in [-0.05, 0) is 13.8 Å². The molecule has 0 fully saturated rings. The first-order chi connectivity index (χ1) is 8.54. The maximum atomic E-state index is 11.9. The molecule has 1 aromatic rings. The number of aliphatic imine (C=N–C) groups is 1. The molecule has 110 valence electrons. The van der Waals surface area contributed by atoms with Crippen molar-refractivity contribution in [3.8, 4) is 0 Å². The van der Waals surface area contributed by atoms with Crippen molar-refractivity contribution in [2.24, 2.45) is 10.7 Å². The Kier molecular flexibility index (Phi) is 6.85. The van der Waals surface area contributed by atoms with Crippen molar-refractivity contribution in [3.63, 3.8) is 0 Å². The van der Waals surface area contributed by atoms with Gasteiger partial charge in [-0.3, -0.25) is 9.59 Å². The summed E-state index contributed by atoms with van der Waals surface area (Å²) in [7, 11) is 0. The standard InChI is InChI=1S/C13H15N3O2.2ClH/c1-8-7-16(11(6-14)9(2)13(8)18)12-5-10(17)3-4-15-12;;/h4-5,7H,3,6,14H2,1-2H3;2*1H. The molecule has 0 bridgehead atoms. The molecular formula is C13H17Cl2N3O2. The summed E-state index contributed by atoms with van der Waals surface area (Å²) in [6, 6.07) is 0. The van der Waals surface area contributed by atoms with Gasteiger partial charge in [-0.2, -0.15) is 0 Å². The molecule has 5 nitrogen and oxygen atoms in total. The Morgan fingerprint density at radius 2 is 1.95 bits per heavy atom. The molecule has 2 N–H and O–H groups in total. The highest BCUT2D eigenvalue weighted by atomic mass is 35.5. The highest BCUT2D eigenvalue weighted by Gasteiger charge is 2.14. The minimum atomic E-state index is -0.0154. The Hall–Kier alpha value is -1.43. The van der Waals surface area contributed by atoms with Gasteiger partial charge < -0.3 is 10.3 Å². The van der Waals surface area contributed by atoms with Gasteiger partial charge in [0.15, 0.2) is 11.2 Å². The highest BCUT2D eigenvalue weighted by Crippen LogP contribution is 2.16. The highest BCUT2D eigenvalue weighted by molar-refractivity contribution is 6.05. The molecule has 7 heteroatoms. The predicted octanol–water partition coefficient (Wildman–Crippen LogP) is 1.61. The maximum Gasteiger partial charge on any atom is 0.187 e. The number of carbonyl (C=O) groups excluding carboxylic acids is 1. The van der Waals surface area contributed by atoms with Gasteiger partial charge in [-0.25, -0.2) is 4.99 Å². The normalized spacial score (nSPS) is 13.3. The van der Waals surface area contributed by atoms with E-state index in [1.807, 2.05) is 0 Å². The van der Waals surface area contributed by atoms with Gasteiger partial charge in [0.1, 0.15) is 5.82 Å². The Morgan fingerprint density at radius 3 is 2.50 bits per heavy atom. The van der Waals surface area contributed by atoms with E-state index in [1.54, 1.807) is 30.8 Å². The topological polar surface area (TPSA) is 77.4 Å². The fourth-order valence-corrected chi connectivity index (χ4v) is 1.99. The molecule has 0 aromatic carbocycles. The van der Waals surface area contributed by atoms with Gasteiger partial charge in [0.05, 0.1) is 0 Å². The Morgan fingerprint density at radius 1 is 1.30 bits per heavy atom. The van der Waals surface area contributed by atoms with Crippen LogP contribution in [0.2, 0.25) is 0 Å². The van der Waals surface area contributed by atoms with Crippen LogP contribution in [0.5, 0.6) is 0 Å². The summed E-state index contributed by atoms with van der Waals surface area (Å²) in [6.07, 6.45) is 5.04. The van der Waals surface area contributed by atoms with E-state index >= 15 is 0 Å². The molecule has 0 unspecified atom stereocenters. The Bertz CT molecular complexity index is 633. The minimum absolute atomic E-state index is 0. The molecular weight excluding hydrogens is 301 g/mol. The van der Waals surface area contributed by atoms with Crippen molar-refractivity contribution in [2.45, 2.75) is 26.8 Å². The average Bonchev–Trinajstić information content (AvgIpc) is 2.35. The number of hydrogen-bond acceptors (Lipinski definition) is 4. The molecule has 20 heavy (non-hydrogen) atoms. The summed E-state index contributed by atoms with van der Waals surface area (Å²) in [5.74, 6) is 0.509. The molecule has 0 radical (unpaired) electrons. The smallest absolute Gasteiger partial charge is 0.187 e. The molecule has 1 aromatic heterocycles. The van der Waals surface area contributed by atoms with Gasteiger partial charge in [-0.1, -0.05) is 0 Å². The van der Waals surface area contributed by atoms with Crippen LogP contribution in [0.25, 0.3) is 5.82 Å². The van der Waals surface area contributed by atoms with Gasteiger partial charge in [-0.15, -0.1) is 24.8 Å². The largest absolute Gasteiger partial charge is 0.325 e. The summed E-state index contributed by atoms with van der Waals surface area (Å²) >= 11 is 0. The lowest BCUT2D eigenvalue weighted by Crippen LogP contribution is -2.22. The maximum absolute atomic E-state index is 11.9. The van der Waals surface area contributed by atoms with Crippen LogP contribution in [-0.2, 0) is 11.3 Å². The number of nitrogens with zero attached hydrogens (tertiary/aromatic N) is 2. The van der Waals surface area contributed by atoms with Crippen LogP contribution in [0.15, 0.2) is 22.1 Å². The minimum Gasteiger partial charge on any atom is -0.325 e. The van der Waals surface area contributed by atoms with Crippen LogP contribution in [0.1, 0.15) is 23.2 Å². The number of hydrogen-bond donors (Lipinski definition) is 1. The second kappa shape index (κ2) is 7.38. The number of halogens is 2. The van der Waals surface area contributed by atoms with E-state index in [4.69, 9.17) is 5.73 Å². The van der Waals surface area contributed by atoms with Crippen LogP contribution in [0, 0.1) is 13.8 Å². The molecule has 0 amide bonds. The van der Waals surface area contributed by atoms with E-state index < -0.39 is 0 Å². The van der Waals surface area contributed by atoms with Crippen molar-refractivity contribution in [1.29, 1.82) is 0 Å². The van der Waals surface area contributed by atoms with Crippen molar-refractivity contribution >= 4 is 42.6 Å². The molecule has 0 saturated carbocycles. The number of carbonyl (C=O) groups is 1. The molecule has 2 heterocycles. The first-order valence-corrected chi connectivity index (χ1v) is 5.74. The summed E-state index contributed by atoms with van der Waals surface area (Å²) in [6.45, 7) is 3.70. The Balaban J connectivity index is 0.00000180. The summed E-state index contributed by atoms with van der Waals surface area (Å²) in [4.78, 5) is 27.5. The number of pyridine rings is 1. The number of allylic oxidation sites excluding steroid dienone is 1. The van der Waals surface area contributed by atoms with Crippen molar-refractivity contribution in [2.75, 3.05) is 0 Å². The molecule has 2 rings (SSSR count). The summed E-state index contributed by atoms with van der Waals surface area (Å²) < 4.78 is 1.72. The second-order valence-electron chi connectivity index (χ2n) is 4.27. The fourth-order valence-electron chi connectivity index (χ4n) is 1.99. The SMILES string of the molecule is Cc1cn(C2=CC(=O)CC=N2)c(CN)c(C)c1=O.Cl.Cl. The van der Waals surface area contributed by atoms with Gasteiger partial charge in [0.25, 0.3) is 0 Å². The van der Waals surface area contributed by atoms with Gasteiger partial charge >= 0.3 is 0 Å². The number of ketones is 1. The average molecular weight is 318 g/mol. The Labute approximate surface area is 129 Å². The van der Waals surface area contributed by atoms with Crippen molar-refractivity contribution < 1.29 is 4.79 Å². The van der Waals surface area contributed by atoms with E-state index in [9.17, 15) is 9.59 Å². The molecule has 1 aliphatic rings. The quantitative estimate of drug-likeness (QED) is 0.900. The van der Waals surface area contributed by atoms with Crippen LogP contribution in [0.3, 0.4) is 0 Å². The molecule has 0 spiro atoms. The predicted molar refractivity (Wildman–Crippen MR) is 85.0 cm³/mol. The third-order valence-corrected chi connectivity index (χ3v) is 2.99. The van der Waals surface area contributed by atoms with Crippen LogP contribution >= 0.6 is 24.8 Å². The van der Waals surface area contributed by atoms with Gasteiger partial charge in [0, 0.05) is 48.3 Å². The lowest BCUT2D eigenvalue weighted by molar-refractivity contribution is -0.113. The molecule has 1 aliphatic heterocycles. The molecule has 0 aliphatic carbocycles. The van der Waals surface area contributed by atoms with E-state index in [0.717, 1.165) is 0 Å². The zero-order chi connectivity index (χ0) is 13.3. The fraction of sp³-hybridized carbons (Fsp3) is 0.308. The van der Waals surface area contributed by atoms with Crippen molar-refractivity contribution in [3.05, 3.63) is 39.3 Å². The third kappa shape index (κ3) is 3.36. The number of rotatable bonds is 2. The molecule has 0 saturated heterocycles. The third-order valence-electron chi connectivity index (χ3n) is 2.99. The van der Waals surface area contributed by atoms with Crippen LogP contribution < -0.4 is 11.2 Å². The lowest BCUT2D eigenvalue weighted by atomic mass is 10.1. The number of nitrogens with two attached hydrogens (primary N) is 1. The number of aryl methyl sites for hydroxylation is 1. The summed E-state index contributed by atoms with van der Waals surface area (Å²) in [5, 5.41) is 0. The first-order valence-electron chi connectivity index (χ1n) is 5.74. The van der Waals surface area contributed by atoms with Crippen molar-refractivity contribution in [1.82, 2.24) is 4.57 Å². The number of aromatic nitrogens is 1. The monoisotopic (exact) mass is 317 g/mol. The second-order valence-corrected chi connectivity index (χ2v) is 4.27. The zero-order valence-corrected chi connectivity index (χ0v) is 12.9. The lowest BCUT2D eigenvalue weighted by Gasteiger charge is -2.17. The van der Waals surface area contributed by atoms with Crippen LogP contribution in [0.4, 0.5) is 0 Å². The summed E-state index contributed by atoms with van der Waals surface area (Å²) in [5.41, 5.74) is 7.57. The first kappa shape index (κ1) is 18.6.